The summed E-state index contributed by atoms with van der Waals surface area (Å²) in [5, 5.41) is 12.6. The SMILES string of the molecule is CC(C)C(Nc1nc(C(=O)O)nc2ccccc12)C(N)=O. The predicted octanol–water partition coefficient (Wildman–Crippen LogP) is 1.25. The highest BCUT2D eigenvalue weighted by Crippen LogP contribution is 2.22. The molecule has 1 amide bonds. The Bertz CT molecular complexity index is 700. The van der Waals surface area contributed by atoms with Crippen LogP contribution in [0.4, 0.5) is 5.82 Å². The summed E-state index contributed by atoms with van der Waals surface area (Å²) in [7, 11) is 0. The number of rotatable bonds is 5. The van der Waals surface area contributed by atoms with Crippen molar-refractivity contribution in [1.82, 2.24) is 9.97 Å². The average Bonchev–Trinajstić information content (AvgIpc) is 2.43. The van der Waals surface area contributed by atoms with Crippen LogP contribution >= 0.6 is 0 Å². The summed E-state index contributed by atoms with van der Waals surface area (Å²) in [6.07, 6.45) is 0. The molecule has 1 aromatic carbocycles. The molecule has 0 aliphatic carbocycles. The van der Waals surface area contributed by atoms with Crippen LogP contribution in [0.5, 0.6) is 0 Å². The van der Waals surface area contributed by atoms with Crippen molar-refractivity contribution in [1.29, 1.82) is 0 Å². The fourth-order valence-electron chi connectivity index (χ4n) is 2.00. The summed E-state index contributed by atoms with van der Waals surface area (Å²) in [6.45, 7) is 3.67. The van der Waals surface area contributed by atoms with Gasteiger partial charge < -0.3 is 16.2 Å². The third-order valence-electron chi connectivity index (χ3n) is 3.06. The van der Waals surface area contributed by atoms with Crippen LogP contribution < -0.4 is 11.1 Å². The number of benzene rings is 1. The molecule has 7 nitrogen and oxygen atoms in total. The Kier molecular flexibility index (Phi) is 4.02. The minimum absolute atomic E-state index is 0.0653. The quantitative estimate of drug-likeness (QED) is 0.762. The van der Waals surface area contributed by atoms with Gasteiger partial charge in [-0.15, -0.1) is 0 Å². The lowest BCUT2D eigenvalue weighted by Gasteiger charge is -2.20. The normalized spacial score (nSPS) is 12.3. The Labute approximate surface area is 121 Å². The van der Waals surface area contributed by atoms with Crippen LogP contribution in [-0.2, 0) is 4.79 Å². The number of para-hydroxylation sites is 1. The van der Waals surface area contributed by atoms with Gasteiger partial charge in [-0.3, -0.25) is 4.79 Å². The number of nitrogens with zero attached hydrogens (tertiary/aromatic N) is 2. The standard InChI is InChI=1S/C14H16N4O3/c1-7(2)10(11(15)19)17-12-8-5-3-4-6-9(8)16-13(18-12)14(20)21/h3-7,10H,1-2H3,(H2,15,19)(H,20,21)(H,16,17,18). The van der Waals surface area contributed by atoms with Crippen molar-refractivity contribution in [3.8, 4) is 0 Å². The summed E-state index contributed by atoms with van der Waals surface area (Å²) in [5.74, 6) is -1.86. The molecule has 7 heteroatoms. The number of nitrogens with one attached hydrogen (secondary N) is 1. The van der Waals surface area contributed by atoms with E-state index in [1.54, 1.807) is 24.3 Å². The van der Waals surface area contributed by atoms with Gasteiger partial charge in [-0.2, -0.15) is 0 Å². The number of carbonyl (C=O) groups excluding carboxylic acids is 1. The molecule has 1 aromatic heterocycles. The lowest BCUT2D eigenvalue weighted by atomic mass is 10.0. The molecule has 2 aromatic rings. The second kappa shape index (κ2) is 5.74. The molecular weight excluding hydrogens is 272 g/mol. The number of anilines is 1. The van der Waals surface area contributed by atoms with Gasteiger partial charge in [0.15, 0.2) is 0 Å². The molecule has 0 aliphatic heterocycles. The van der Waals surface area contributed by atoms with Crippen LogP contribution in [0.15, 0.2) is 24.3 Å². The number of amides is 1. The second-order valence-electron chi connectivity index (χ2n) is 4.99. The van der Waals surface area contributed by atoms with Gasteiger partial charge in [0.2, 0.25) is 11.7 Å². The van der Waals surface area contributed by atoms with Crippen molar-refractivity contribution >= 4 is 28.6 Å². The molecule has 2 rings (SSSR count). The summed E-state index contributed by atoms with van der Waals surface area (Å²) >= 11 is 0. The highest BCUT2D eigenvalue weighted by atomic mass is 16.4. The molecule has 0 fully saturated rings. The highest BCUT2D eigenvalue weighted by molar-refractivity contribution is 5.95. The summed E-state index contributed by atoms with van der Waals surface area (Å²) in [6, 6.07) is 6.32. The molecule has 0 bridgehead atoms. The zero-order valence-electron chi connectivity index (χ0n) is 11.7. The van der Waals surface area contributed by atoms with Crippen LogP contribution in [0.2, 0.25) is 0 Å². The smallest absolute Gasteiger partial charge is 0.374 e. The van der Waals surface area contributed by atoms with Crippen molar-refractivity contribution in [2.45, 2.75) is 19.9 Å². The van der Waals surface area contributed by atoms with Gasteiger partial charge in [0.05, 0.1) is 5.52 Å². The predicted molar refractivity (Wildman–Crippen MR) is 77.9 cm³/mol. The van der Waals surface area contributed by atoms with E-state index >= 15 is 0 Å². The maximum absolute atomic E-state index is 11.5. The molecule has 1 unspecified atom stereocenters. The van der Waals surface area contributed by atoms with E-state index in [4.69, 9.17) is 10.8 Å². The molecule has 1 heterocycles. The number of nitrogens with two attached hydrogens (primary N) is 1. The lowest BCUT2D eigenvalue weighted by Crippen LogP contribution is -2.40. The highest BCUT2D eigenvalue weighted by Gasteiger charge is 2.22. The molecule has 0 saturated carbocycles. The van der Waals surface area contributed by atoms with Crippen LogP contribution in [0.25, 0.3) is 10.9 Å². The van der Waals surface area contributed by atoms with E-state index < -0.39 is 17.9 Å². The molecule has 0 radical (unpaired) electrons. The minimum atomic E-state index is -1.23. The number of hydrogen-bond donors (Lipinski definition) is 3. The Balaban J connectivity index is 2.55. The van der Waals surface area contributed by atoms with Crippen molar-refractivity contribution < 1.29 is 14.7 Å². The van der Waals surface area contributed by atoms with Crippen molar-refractivity contribution in [2.24, 2.45) is 11.7 Å². The summed E-state index contributed by atoms with van der Waals surface area (Å²) in [4.78, 5) is 30.5. The molecule has 21 heavy (non-hydrogen) atoms. The number of aromatic nitrogens is 2. The van der Waals surface area contributed by atoms with Gasteiger partial charge >= 0.3 is 5.97 Å². The Morgan fingerprint density at radius 1 is 1.24 bits per heavy atom. The zero-order valence-corrected chi connectivity index (χ0v) is 11.7. The van der Waals surface area contributed by atoms with E-state index in [9.17, 15) is 9.59 Å². The van der Waals surface area contributed by atoms with Gasteiger partial charge in [-0.25, -0.2) is 14.8 Å². The largest absolute Gasteiger partial charge is 0.475 e. The molecule has 1 atom stereocenters. The monoisotopic (exact) mass is 288 g/mol. The Morgan fingerprint density at radius 3 is 2.48 bits per heavy atom. The van der Waals surface area contributed by atoms with E-state index in [-0.39, 0.29) is 17.6 Å². The second-order valence-corrected chi connectivity index (χ2v) is 4.99. The van der Waals surface area contributed by atoms with Gasteiger partial charge in [0.1, 0.15) is 11.9 Å². The number of carbonyl (C=O) groups is 2. The Hall–Kier alpha value is -2.70. The Morgan fingerprint density at radius 2 is 1.90 bits per heavy atom. The van der Waals surface area contributed by atoms with E-state index in [1.807, 2.05) is 13.8 Å². The van der Waals surface area contributed by atoms with E-state index in [0.717, 1.165) is 0 Å². The molecule has 0 saturated heterocycles. The first-order valence-electron chi connectivity index (χ1n) is 6.46. The zero-order chi connectivity index (χ0) is 15.6. The molecule has 0 spiro atoms. The number of aromatic carboxylic acids is 1. The van der Waals surface area contributed by atoms with E-state index in [2.05, 4.69) is 15.3 Å². The molecular formula is C14H16N4O3. The number of carboxylic acids is 1. The molecule has 4 N–H and O–H groups in total. The first-order valence-corrected chi connectivity index (χ1v) is 6.46. The minimum Gasteiger partial charge on any atom is -0.475 e. The van der Waals surface area contributed by atoms with Gasteiger partial charge in [0, 0.05) is 5.39 Å². The first kappa shape index (κ1) is 14.7. The third kappa shape index (κ3) is 3.07. The van der Waals surface area contributed by atoms with Gasteiger partial charge in [-0.1, -0.05) is 26.0 Å². The topological polar surface area (TPSA) is 118 Å². The number of carboxylic acid groups (broad SMARTS) is 1. The number of hydrogen-bond acceptors (Lipinski definition) is 5. The molecule has 0 aliphatic rings. The van der Waals surface area contributed by atoms with Crippen molar-refractivity contribution in [2.75, 3.05) is 5.32 Å². The first-order chi connectivity index (χ1) is 9.90. The third-order valence-corrected chi connectivity index (χ3v) is 3.06. The summed E-state index contributed by atoms with van der Waals surface area (Å²) in [5.41, 5.74) is 5.85. The van der Waals surface area contributed by atoms with E-state index in [1.165, 1.54) is 0 Å². The molecule has 110 valence electrons. The van der Waals surface area contributed by atoms with Crippen molar-refractivity contribution in [3.05, 3.63) is 30.1 Å². The maximum Gasteiger partial charge on any atom is 0.374 e. The lowest BCUT2D eigenvalue weighted by molar-refractivity contribution is -0.119. The fraction of sp³-hybridized carbons (Fsp3) is 0.286. The number of primary amides is 1. The van der Waals surface area contributed by atoms with Crippen molar-refractivity contribution in [3.63, 3.8) is 0 Å². The van der Waals surface area contributed by atoms with Crippen LogP contribution in [-0.4, -0.2) is 33.0 Å². The van der Waals surface area contributed by atoms with Crippen LogP contribution in [0, 0.1) is 5.92 Å². The fourth-order valence-corrected chi connectivity index (χ4v) is 2.00. The number of fused-ring (bicyclic) bond motifs is 1. The summed E-state index contributed by atoms with van der Waals surface area (Å²) < 4.78 is 0. The average molecular weight is 288 g/mol. The van der Waals surface area contributed by atoms with E-state index in [0.29, 0.717) is 10.9 Å². The maximum atomic E-state index is 11.5. The van der Waals surface area contributed by atoms with Gasteiger partial charge in [-0.05, 0) is 18.1 Å². The van der Waals surface area contributed by atoms with Crippen LogP contribution in [0.3, 0.4) is 0 Å². The van der Waals surface area contributed by atoms with Crippen LogP contribution in [0.1, 0.15) is 24.5 Å². The van der Waals surface area contributed by atoms with Gasteiger partial charge in [0.25, 0.3) is 0 Å².